The normalized spacial score (nSPS) is 12.4. The van der Waals surface area contributed by atoms with E-state index in [1.165, 1.54) is 4.88 Å². The van der Waals surface area contributed by atoms with E-state index in [-0.39, 0.29) is 0 Å². The molecule has 0 fully saturated rings. The first-order chi connectivity index (χ1) is 9.24. The molecule has 0 aliphatic heterocycles. The van der Waals surface area contributed by atoms with Gasteiger partial charge in [0, 0.05) is 28.0 Å². The van der Waals surface area contributed by atoms with E-state index >= 15 is 0 Å². The van der Waals surface area contributed by atoms with Gasteiger partial charge < -0.3 is 10.1 Å². The van der Waals surface area contributed by atoms with Crippen molar-refractivity contribution < 1.29 is 4.74 Å². The largest absolute Gasteiger partial charge is 0.496 e. The summed E-state index contributed by atoms with van der Waals surface area (Å²) >= 11 is 7.83. The van der Waals surface area contributed by atoms with Crippen molar-refractivity contribution in [1.82, 2.24) is 5.32 Å². The molecule has 0 spiro atoms. The van der Waals surface area contributed by atoms with Gasteiger partial charge in [-0.15, -0.1) is 11.3 Å². The standard InChI is InChI=1S/C15H18ClNOS/c1-3-13(15-5-4-8-19-15)17-10-11-9-12(16)6-7-14(11)18-2/h4-9,13,17H,3,10H2,1-2H3. The van der Waals surface area contributed by atoms with Gasteiger partial charge >= 0.3 is 0 Å². The first kappa shape index (κ1) is 14.4. The number of nitrogens with one attached hydrogen (secondary N) is 1. The molecule has 2 aromatic rings. The lowest BCUT2D eigenvalue weighted by atomic mass is 10.1. The van der Waals surface area contributed by atoms with Gasteiger partial charge in [0.1, 0.15) is 5.75 Å². The van der Waals surface area contributed by atoms with E-state index in [1.54, 1.807) is 18.4 Å². The third kappa shape index (κ3) is 3.72. The Morgan fingerprint density at radius 2 is 2.21 bits per heavy atom. The van der Waals surface area contributed by atoms with Crippen LogP contribution in [-0.2, 0) is 6.54 Å². The molecule has 0 saturated carbocycles. The maximum absolute atomic E-state index is 6.04. The SMILES string of the molecule is CCC(NCc1cc(Cl)ccc1OC)c1cccs1. The summed E-state index contributed by atoms with van der Waals surface area (Å²) in [6.07, 6.45) is 1.06. The van der Waals surface area contributed by atoms with Crippen LogP contribution in [0.2, 0.25) is 5.02 Å². The van der Waals surface area contributed by atoms with Gasteiger partial charge in [-0.1, -0.05) is 24.6 Å². The molecule has 0 aliphatic rings. The van der Waals surface area contributed by atoms with Gasteiger partial charge in [0.15, 0.2) is 0 Å². The van der Waals surface area contributed by atoms with Crippen LogP contribution in [0.25, 0.3) is 0 Å². The Kier molecular flexibility index (Phi) is 5.25. The monoisotopic (exact) mass is 295 g/mol. The van der Waals surface area contributed by atoms with Crippen LogP contribution < -0.4 is 10.1 Å². The molecule has 102 valence electrons. The third-order valence-corrected chi connectivity index (χ3v) is 4.30. The highest BCUT2D eigenvalue weighted by molar-refractivity contribution is 7.10. The second kappa shape index (κ2) is 6.94. The minimum atomic E-state index is 0.378. The average Bonchev–Trinajstić information content (AvgIpc) is 2.94. The molecular formula is C15H18ClNOS. The topological polar surface area (TPSA) is 21.3 Å². The second-order valence-corrected chi connectivity index (χ2v) is 5.73. The summed E-state index contributed by atoms with van der Waals surface area (Å²) < 4.78 is 5.36. The van der Waals surface area contributed by atoms with Crippen molar-refractivity contribution in [3.63, 3.8) is 0 Å². The molecule has 0 amide bonds. The lowest BCUT2D eigenvalue weighted by Crippen LogP contribution is -2.19. The number of methoxy groups -OCH3 is 1. The van der Waals surface area contributed by atoms with E-state index in [4.69, 9.17) is 16.3 Å². The highest BCUT2D eigenvalue weighted by atomic mass is 35.5. The Morgan fingerprint density at radius 3 is 2.84 bits per heavy atom. The Bertz CT molecular complexity index is 513. The first-order valence-electron chi connectivity index (χ1n) is 6.33. The van der Waals surface area contributed by atoms with Gasteiger partial charge in [-0.3, -0.25) is 0 Å². The van der Waals surface area contributed by atoms with E-state index in [2.05, 4.69) is 29.8 Å². The molecule has 0 radical (unpaired) electrons. The molecule has 1 unspecified atom stereocenters. The van der Waals surface area contributed by atoms with E-state index < -0.39 is 0 Å². The summed E-state index contributed by atoms with van der Waals surface area (Å²) in [7, 11) is 1.68. The van der Waals surface area contributed by atoms with E-state index in [0.29, 0.717) is 6.04 Å². The molecule has 1 aromatic heterocycles. The Morgan fingerprint density at radius 1 is 1.37 bits per heavy atom. The van der Waals surface area contributed by atoms with Crippen molar-refractivity contribution in [2.24, 2.45) is 0 Å². The molecule has 1 heterocycles. The summed E-state index contributed by atoms with van der Waals surface area (Å²) in [5, 5.41) is 6.41. The fourth-order valence-electron chi connectivity index (χ4n) is 2.05. The quantitative estimate of drug-likeness (QED) is 0.837. The van der Waals surface area contributed by atoms with Crippen molar-refractivity contribution in [1.29, 1.82) is 0 Å². The molecule has 2 nitrogen and oxygen atoms in total. The van der Waals surface area contributed by atoms with Crippen LogP contribution in [0.1, 0.15) is 29.8 Å². The zero-order valence-electron chi connectivity index (χ0n) is 11.2. The van der Waals surface area contributed by atoms with Gasteiger partial charge in [-0.05, 0) is 36.1 Å². The van der Waals surface area contributed by atoms with Crippen LogP contribution in [0.15, 0.2) is 35.7 Å². The van der Waals surface area contributed by atoms with Crippen molar-refractivity contribution in [2.45, 2.75) is 25.9 Å². The molecule has 0 aliphatic carbocycles. The fourth-order valence-corrected chi connectivity index (χ4v) is 3.13. The molecule has 2 rings (SSSR count). The zero-order valence-corrected chi connectivity index (χ0v) is 12.7. The lowest BCUT2D eigenvalue weighted by Gasteiger charge is -2.17. The van der Waals surface area contributed by atoms with Crippen LogP contribution in [-0.4, -0.2) is 7.11 Å². The molecule has 1 atom stereocenters. The molecular weight excluding hydrogens is 278 g/mol. The fraction of sp³-hybridized carbons (Fsp3) is 0.333. The summed E-state index contributed by atoms with van der Waals surface area (Å²) in [5.41, 5.74) is 1.09. The number of hydrogen-bond donors (Lipinski definition) is 1. The maximum Gasteiger partial charge on any atom is 0.123 e. The van der Waals surface area contributed by atoms with E-state index in [1.807, 2.05) is 18.2 Å². The van der Waals surface area contributed by atoms with E-state index in [9.17, 15) is 0 Å². The smallest absolute Gasteiger partial charge is 0.123 e. The Labute approximate surface area is 123 Å². The van der Waals surface area contributed by atoms with Crippen LogP contribution in [0.3, 0.4) is 0 Å². The number of thiophene rings is 1. The number of hydrogen-bond acceptors (Lipinski definition) is 3. The zero-order chi connectivity index (χ0) is 13.7. The Hall–Kier alpha value is -1.03. The minimum Gasteiger partial charge on any atom is -0.496 e. The molecule has 19 heavy (non-hydrogen) atoms. The van der Waals surface area contributed by atoms with Crippen molar-refractivity contribution in [3.05, 3.63) is 51.2 Å². The predicted molar refractivity (Wildman–Crippen MR) is 82.2 cm³/mol. The van der Waals surface area contributed by atoms with Gasteiger partial charge in [0.25, 0.3) is 0 Å². The van der Waals surface area contributed by atoms with Crippen LogP contribution in [0, 0.1) is 0 Å². The molecule has 0 saturated heterocycles. The summed E-state index contributed by atoms with van der Waals surface area (Å²) in [6.45, 7) is 2.94. The van der Waals surface area contributed by atoms with Gasteiger partial charge in [0.05, 0.1) is 7.11 Å². The summed E-state index contributed by atoms with van der Waals surface area (Å²) in [5.74, 6) is 0.873. The van der Waals surface area contributed by atoms with E-state index in [0.717, 1.165) is 29.3 Å². The number of rotatable bonds is 6. The lowest BCUT2D eigenvalue weighted by molar-refractivity contribution is 0.405. The Balaban J connectivity index is 2.07. The highest BCUT2D eigenvalue weighted by Gasteiger charge is 2.11. The first-order valence-corrected chi connectivity index (χ1v) is 7.59. The third-order valence-electron chi connectivity index (χ3n) is 3.08. The minimum absolute atomic E-state index is 0.378. The summed E-state index contributed by atoms with van der Waals surface area (Å²) in [6, 6.07) is 10.3. The molecule has 1 N–H and O–H groups in total. The summed E-state index contributed by atoms with van der Waals surface area (Å²) in [4.78, 5) is 1.36. The van der Waals surface area contributed by atoms with Crippen molar-refractivity contribution >= 4 is 22.9 Å². The highest BCUT2D eigenvalue weighted by Crippen LogP contribution is 2.25. The van der Waals surface area contributed by atoms with Gasteiger partial charge in [0.2, 0.25) is 0 Å². The second-order valence-electron chi connectivity index (χ2n) is 4.31. The van der Waals surface area contributed by atoms with Crippen LogP contribution in [0.5, 0.6) is 5.75 Å². The maximum atomic E-state index is 6.04. The van der Waals surface area contributed by atoms with Crippen LogP contribution in [0.4, 0.5) is 0 Å². The molecule has 1 aromatic carbocycles. The predicted octanol–water partition coefficient (Wildman–Crippen LogP) is 4.65. The van der Waals surface area contributed by atoms with Gasteiger partial charge in [-0.25, -0.2) is 0 Å². The van der Waals surface area contributed by atoms with Crippen molar-refractivity contribution in [3.8, 4) is 5.75 Å². The number of ether oxygens (including phenoxy) is 1. The molecule has 4 heteroatoms. The van der Waals surface area contributed by atoms with Gasteiger partial charge in [-0.2, -0.15) is 0 Å². The van der Waals surface area contributed by atoms with Crippen molar-refractivity contribution in [2.75, 3.05) is 7.11 Å². The molecule has 0 bridgehead atoms. The average molecular weight is 296 g/mol. The number of halogens is 1. The number of benzene rings is 1. The van der Waals surface area contributed by atoms with Crippen LogP contribution >= 0.6 is 22.9 Å².